The molecule has 0 spiro atoms. The number of hydrogen-bond acceptors (Lipinski definition) is 9. The molecule has 0 atom stereocenters. The van der Waals surface area contributed by atoms with Gasteiger partial charge in [-0.25, -0.2) is 14.4 Å². The van der Waals surface area contributed by atoms with E-state index >= 15 is 0 Å². The molecular formula is C36H32N4O7S. The summed E-state index contributed by atoms with van der Waals surface area (Å²) in [4.78, 5) is 56.4. The van der Waals surface area contributed by atoms with Crippen LogP contribution in [-0.2, 0) is 29.0 Å². The maximum atomic E-state index is 14.2. The number of aryl methyl sites for hydroxylation is 1. The first-order chi connectivity index (χ1) is 23.3. The number of benzene rings is 3. The molecule has 12 heteroatoms. The summed E-state index contributed by atoms with van der Waals surface area (Å²) in [6.07, 6.45) is 2.03. The van der Waals surface area contributed by atoms with Crippen molar-refractivity contribution in [2.45, 2.75) is 33.4 Å². The van der Waals surface area contributed by atoms with E-state index < -0.39 is 23.0 Å². The van der Waals surface area contributed by atoms with Crippen molar-refractivity contribution in [3.63, 3.8) is 0 Å². The number of nitrogens with one attached hydrogen (secondary N) is 1. The number of esters is 1. The first-order valence-corrected chi connectivity index (χ1v) is 16.1. The molecule has 0 aliphatic heterocycles. The average molecular weight is 665 g/mol. The van der Waals surface area contributed by atoms with E-state index in [2.05, 4.69) is 10.1 Å². The van der Waals surface area contributed by atoms with Crippen molar-refractivity contribution < 1.29 is 18.8 Å². The number of aromatic amines is 1. The van der Waals surface area contributed by atoms with Gasteiger partial charge in [0.05, 0.1) is 32.2 Å². The zero-order valence-corrected chi connectivity index (χ0v) is 27.3. The predicted octanol–water partition coefficient (Wildman–Crippen LogP) is 5.50. The highest BCUT2D eigenvalue weighted by Crippen LogP contribution is 2.30. The Labute approximate surface area is 278 Å². The Balaban J connectivity index is 1.41. The summed E-state index contributed by atoms with van der Waals surface area (Å²) in [5.41, 5.74) is 3.42. The fourth-order valence-electron chi connectivity index (χ4n) is 5.48. The van der Waals surface area contributed by atoms with Crippen LogP contribution in [0.15, 0.2) is 104 Å². The molecule has 0 saturated carbocycles. The molecular weight excluding hydrogens is 632 g/mol. The Kier molecular flexibility index (Phi) is 9.35. The Morgan fingerprint density at radius 2 is 1.69 bits per heavy atom. The molecule has 6 rings (SSSR count). The number of nitrogens with zero attached hydrogens (tertiary/aromatic N) is 3. The zero-order chi connectivity index (χ0) is 33.8. The number of allylic oxidation sites excluding steroid dienone is 1. The number of H-pyrrole nitrogens is 1. The van der Waals surface area contributed by atoms with Gasteiger partial charge >= 0.3 is 17.4 Å². The molecule has 0 bridgehead atoms. The highest BCUT2D eigenvalue weighted by atomic mass is 32.1. The van der Waals surface area contributed by atoms with E-state index in [1.807, 2.05) is 61.5 Å². The van der Waals surface area contributed by atoms with Crippen molar-refractivity contribution in [2.24, 2.45) is 0 Å². The lowest BCUT2D eigenvalue weighted by molar-refractivity contribution is -0.137. The minimum atomic E-state index is -0.638. The normalized spacial score (nSPS) is 11.6. The van der Waals surface area contributed by atoms with Gasteiger partial charge in [-0.05, 0) is 59.4 Å². The Bertz CT molecular complexity index is 2310. The summed E-state index contributed by atoms with van der Waals surface area (Å²) >= 11 is 1.42. The quantitative estimate of drug-likeness (QED) is 0.142. The van der Waals surface area contributed by atoms with Gasteiger partial charge in [-0.15, -0.1) is 11.3 Å². The monoisotopic (exact) mass is 664 g/mol. The first kappa shape index (κ1) is 32.2. The minimum absolute atomic E-state index is 0.143. The van der Waals surface area contributed by atoms with Crippen molar-refractivity contribution in [1.29, 1.82) is 0 Å². The lowest BCUT2D eigenvalue weighted by Gasteiger charge is -2.15. The fourth-order valence-corrected chi connectivity index (χ4v) is 6.56. The van der Waals surface area contributed by atoms with Crippen LogP contribution in [0.1, 0.15) is 29.9 Å². The van der Waals surface area contributed by atoms with Crippen LogP contribution in [0, 0.1) is 0 Å². The number of methoxy groups -OCH3 is 1. The smallest absolute Gasteiger partial charge is 0.439 e. The van der Waals surface area contributed by atoms with Crippen LogP contribution in [0.25, 0.3) is 38.3 Å². The van der Waals surface area contributed by atoms with Crippen molar-refractivity contribution in [2.75, 3.05) is 13.7 Å². The molecule has 48 heavy (non-hydrogen) atoms. The number of aromatic nitrogens is 4. The molecule has 3 heterocycles. The number of thiophene rings is 1. The van der Waals surface area contributed by atoms with Gasteiger partial charge in [0.1, 0.15) is 10.6 Å². The van der Waals surface area contributed by atoms with Gasteiger partial charge in [-0.3, -0.25) is 23.4 Å². The molecule has 244 valence electrons. The molecule has 0 amide bonds. The van der Waals surface area contributed by atoms with E-state index in [0.29, 0.717) is 44.9 Å². The number of fused-ring (bicyclic) bond motifs is 1. The second-order valence-electron chi connectivity index (χ2n) is 10.9. The van der Waals surface area contributed by atoms with E-state index in [9.17, 15) is 19.2 Å². The molecule has 0 unspecified atom stereocenters. The largest absolute Gasteiger partial charge is 0.497 e. The third kappa shape index (κ3) is 6.56. The molecule has 6 aromatic rings. The number of ether oxygens (including phenoxy) is 2. The molecule has 3 aromatic carbocycles. The maximum absolute atomic E-state index is 14.2. The van der Waals surface area contributed by atoms with E-state index in [0.717, 1.165) is 21.6 Å². The molecule has 1 N–H and O–H groups in total. The fraction of sp³-hybridized carbons (Fsp3) is 0.194. The Hall–Kier alpha value is -5.75. The van der Waals surface area contributed by atoms with Gasteiger partial charge in [0, 0.05) is 16.5 Å². The predicted molar refractivity (Wildman–Crippen MR) is 184 cm³/mol. The maximum Gasteiger partial charge on any atom is 0.439 e. The Morgan fingerprint density at radius 3 is 2.33 bits per heavy atom. The van der Waals surface area contributed by atoms with Crippen LogP contribution >= 0.6 is 11.3 Å². The third-order valence-electron chi connectivity index (χ3n) is 7.89. The highest BCUT2D eigenvalue weighted by molar-refractivity contribution is 7.18. The van der Waals surface area contributed by atoms with Crippen molar-refractivity contribution in [3.05, 3.63) is 132 Å². The van der Waals surface area contributed by atoms with Crippen LogP contribution in [0.2, 0.25) is 0 Å². The van der Waals surface area contributed by atoms with Crippen LogP contribution in [0.4, 0.5) is 0 Å². The van der Waals surface area contributed by atoms with Gasteiger partial charge in [-0.2, -0.15) is 0 Å². The van der Waals surface area contributed by atoms with E-state index in [4.69, 9.17) is 14.0 Å². The molecule has 0 fully saturated rings. The molecule has 0 radical (unpaired) electrons. The number of carbonyl (C=O) groups is 1. The van der Waals surface area contributed by atoms with E-state index in [-0.39, 0.29) is 19.7 Å². The standard InChI is InChI=1S/C36H32N4O7S/c1-4-27-19-30-33(42)39(21-25(18-31(41)46-5-2)23-14-16-26(45-3)17-15-23)36(44)40(34(30)48-27)20-22-10-12-24(13-11-22)28-8-6-7-9-29(28)32-37-35(43)47-38-32/h6-19H,4-5,20-21H2,1-3H3,(H,37,38,43)/b25-18-. The SMILES string of the molecule is CCOC(=O)/C=C(/Cn1c(=O)c2cc(CC)sc2n(Cc2ccc(-c3ccccc3-c3noc(=O)[nH]3)cc2)c1=O)c1ccc(OC)cc1. The summed E-state index contributed by atoms with van der Waals surface area (Å²) in [6, 6.07) is 24.1. The summed E-state index contributed by atoms with van der Waals surface area (Å²) < 4.78 is 17.9. The Morgan fingerprint density at radius 1 is 0.958 bits per heavy atom. The lowest BCUT2D eigenvalue weighted by Crippen LogP contribution is -2.40. The molecule has 0 saturated heterocycles. The van der Waals surface area contributed by atoms with Crippen LogP contribution in [0.5, 0.6) is 5.75 Å². The van der Waals surface area contributed by atoms with Crippen molar-refractivity contribution >= 4 is 33.1 Å². The van der Waals surface area contributed by atoms with Gasteiger partial charge in [0.15, 0.2) is 5.82 Å². The molecule has 11 nitrogen and oxygen atoms in total. The average Bonchev–Trinajstić information content (AvgIpc) is 3.75. The van der Waals surface area contributed by atoms with Gasteiger partial charge in [0.25, 0.3) is 5.56 Å². The second-order valence-corrected chi connectivity index (χ2v) is 12.0. The number of carbonyl (C=O) groups excluding carboxylic acids is 1. The summed E-state index contributed by atoms with van der Waals surface area (Å²) in [6.45, 7) is 3.96. The topological polar surface area (TPSA) is 138 Å². The van der Waals surface area contributed by atoms with Gasteiger partial charge < -0.3 is 9.47 Å². The van der Waals surface area contributed by atoms with Crippen molar-refractivity contribution in [1.82, 2.24) is 19.3 Å². The highest BCUT2D eigenvalue weighted by Gasteiger charge is 2.19. The molecule has 0 aliphatic carbocycles. The van der Waals surface area contributed by atoms with Gasteiger partial charge in [-0.1, -0.05) is 72.7 Å². The van der Waals surface area contributed by atoms with Gasteiger partial charge in [0.2, 0.25) is 0 Å². The van der Waals surface area contributed by atoms with E-state index in [1.165, 1.54) is 22.0 Å². The zero-order valence-electron chi connectivity index (χ0n) is 26.5. The van der Waals surface area contributed by atoms with Crippen LogP contribution in [0.3, 0.4) is 0 Å². The first-order valence-electron chi connectivity index (χ1n) is 15.3. The lowest BCUT2D eigenvalue weighted by atomic mass is 9.98. The third-order valence-corrected chi connectivity index (χ3v) is 9.19. The number of hydrogen-bond donors (Lipinski definition) is 1. The van der Waals surface area contributed by atoms with Crippen molar-refractivity contribution in [3.8, 4) is 28.3 Å². The minimum Gasteiger partial charge on any atom is -0.497 e. The molecule has 0 aliphatic rings. The summed E-state index contributed by atoms with van der Waals surface area (Å²) in [5, 5.41) is 4.28. The molecule has 3 aromatic heterocycles. The van der Waals surface area contributed by atoms with Crippen LogP contribution in [-0.4, -0.2) is 39.0 Å². The van der Waals surface area contributed by atoms with Crippen LogP contribution < -0.4 is 21.7 Å². The summed E-state index contributed by atoms with van der Waals surface area (Å²) in [5.74, 6) is -0.256. The van der Waals surface area contributed by atoms with E-state index in [1.54, 1.807) is 42.9 Å². The number of rotatable bonds is 11. The second kappa shape index (κ2) is 13.9. The summed E-state index contributed by atoms with van der Waals surface area (Å²) in [7, 11) is 1.56.